The topological polar surface area (TPSA) is 63.2 Å². The molecule has 2 aliphatic heterocycles. The Bertz CT molecular complexity index is 666. The standard InChI is InChI=1S/C20H24O6/c1-20(2)25-18-17(23-13-14-9-5-4-6-10-14)15(24-19(18)26-20)11-7-8-12-16(21)22-3/h4-12,15,17-19H,13H2,1-3H3/b11-7+,12-8+/t15-,17+,18-,19-/m1/s1. The van der Waals surface area contributed by atoms with Crippen LogP contribution in [0.15, 0.2) is 54.6 Å². The number of hydrogen-bond donors (Lipinski definition) is 0. The smallest absolute Gasteiger partial charge is 0.330 e. The van der Waals surface area contributed by atoms with Crippen molar-refractivity contribution in [3.8, 4) is 0 Å². The highest BCUT2D eigenvalue weighted by molar-refractivity contribution is 5.82. The van der Waals surface area contributed by atoms with Gasteiger partial charge in [0.15, 0.2) is 12.1 Å². The molecule has 3 rings (SSSR count). The summed E-state index contributed by atoms with van der Waals surface area (Å²) in [6.07, 6.45) is 5.04. The van der Waals surface area contributed by atoms with Crippen LogP contribution in [0.5, 0.6) is 0 Å². The van der Waals surface area contributed by atoms with Crippen molar-refractivity contribution in [2.45, 2.75) is 50.8 Å². The quantitative estimate of drug-likeness (QED) is 0.442. The van der Waals surface area contributed by atoms with Crippen LogP contribution in [-0.4, -0.2) is 43.5 Å². The highest BCUT2D eigenvalue weighted by Crippen LogP contribution is 2.39. The van der Waals surface area contributed by atoms with Gasteiger partial charge in [-0.05, 0) is 19.4 Å². The first-order valence-electron chi connectivity index (χ1n) is 8.58. The van der Waals surface area contributed by atoms with Crippen molar-refractivity contribution in [1.29, 1.82) is 0 Å². The molecular weight excluding hydrogens is 336 g/mol. The van der Waals surface area contributed by atoms with Gasteiger partial charge in [0.05, 0.1) is 13.7 Å². The zero-order valence-electron chi connectivity index (χ0n) is 15.2. The van der Waals surface area contributed by atoms with E-state index < -0.39 is 18.0 Å². The van der Waals surface area contributed by atoms with E-state index in [0.717, 1.165) is 5.56 Å². The van der Waals surface area contributed by atoms with Crippen LogP contribution in [0.3, 0.4) is 0 Å². The number of fused-ring (bicyclic) bond motifs is 1. The number of hydrogen-bond acceptors (Lipinski definition) is 6. The molecule has 0 unspecified atom stereocenters. The van der Waals surface area contributed by atoms with Gasteiger partial charge in [-0.25, -0.2) is 4.79 Å². The van der Waals surface area contributed by atoms with Crippen molar-refractivity contribution in [3.63, 3.8) is 0 Å². The van der Waals surface area contributed by atoms with Gasteiger partial charge in [-0.3, -0.25) is 0 Å². The molecule has 2 heterocycles. The number of carbonyl (C=O) groups is 1. The molecule has 0 aromatic heterocycles. The van der Waals surface area contributed by atoms with Crippen molar-refractivity contribution in [1.82, 2.24) is 0 Å². The molecule has 0 saturated carbocycles. The third-order valence-corrected chi connectivity index (χ3v) is 4.16. The van der Waals surface area contributed by atoms with Crippen LogP contribution in [0.2, 0.25) is 0 Å². The third-order valence-electron chi connectivity index (χ3n) is 4.16. The Kier molecular flexibility index (Phi) is 5.88. The van der Waals surface area contributed by atoms with Gasteiger partial charge < -0.3 is 23.7 Å². The SMILES string of the molecule is COC(=O)/C=C/C=C/[C@H]1O[C@@H]2OC(C)(C)O[C@@H]2[C@H]1OCc1ccccc1. The third kappa shape index (κ3) is 4.59. The van der Waals surface area contributed by atoms with Gasteiger partial charge in [0.1, 0.15) is 18.3 Å². The summed E-state index contributed by atoms with van der Waals surface area (Å²) < 4.78 is 28.4. The van der Waals surface area contributed by atoms with E-state index in [1.165, 1.54) is 13.2 Å². The van der Waals surface area contributed by atoms with E-state index in [4.69, 9.17) is 18.9 Å². The molecule has 1 aromatic rings. The van der Waals surface area contributed by atoms with Gasteiger partial charge in [-0.2, -0.15) is 0 Å². The molecule has 140 valence electrons. The van der Waals surface area contributed by atoms with Crippen LogP contribution >= 0.6 is 0 Å². The van der Waals surface area contributed by atoms with Crippen LogP contribution < -0.4 is 0 Å². The molecule has 0 amide bonds. The van der Waals surface area contributed by atoms with E-state index in [1.54, 1.807) is 12.2 Å². The number of allylic oxidation sites excluding steroid dienone is 2. The van der Waals surface area contributed by atoms with Gasteiger partial charge >= 0.3 is 5.97 Å². The van der Waals surface area contributed by atoms with Gasteiger partial charge in [-0.15, -0.1) is 0 Å². The molecule has 0 N–H and O–H groups in total. The minimum atomic E-state index is -0.705. The Labute approximate surface area is 153 Å². The van der Waals surface area contributed by atoms with Crippen molar-refractivity contribution >= 4 is 5.97 Å². The fourth-order valence-corrected chi connectivity index (χ4v) is 2.99. The highest BCUT2D eigenvalue weighted by atomic mass is 16.8. The average molecular weight is 360 g/mol. The minimum Gasteiger partial charge on any atom is -0.466 e. The van der Waals surface area contributed by atoms with Gasteiger partial charge in [0.2, 0.25) is 0 Å². The monoisotopic (exact) mass is 360 g/mol. The van der Waals surface area contributed by atoms with E-state index in [2.05, 4.69) is 4.74 Å². The predicted molar refractivity (Wildman–Crippen MR) is 94.0 cm³/mol. The van der Waals surface area contributed by atoms with E-state index in [1.807, 2.05) is 50.3 Å². The molecule has 2 saturated heterocycles. The second-order valence-corrected chi connectivity index (χ2v) is 6.60. The molecule has 0 radical (unpaired) electrons. The first kappa shape index (κ1) is 18.8. The first-order chi connectivity index (χ1) is 12.5. The van der Waals surface area contributed by atoms with E-state index in [0.29, 0.717) is 6.61 Å². The van der Waals surface area contributed by atoms with Crippen LogP contribution in [0, 0.1) is 0 Å². The second-order valence-electron chi connectivity index (χ2n) is 6.60. The lowest BCUT2D eigenvalue weighted by Crippen LogP contribution is -2.36. The van der Waals surface area contributed by atoms with Gasteiger partial charge in [0, 0.05) is 6.08 Å². The van der Waals surface area contributed by atoms with Crippen LogP contribution in [0.4, 0.5) is 0 Å². The highest BCUT2D eigenvalue weighted by Gasteiger charge is 2.54. The second kappa shape index (κ2) is 8.14. The molecule has 2 aliphatic rings. The van der Waals surface area contributed by atoms with Gasteiger partial charge in [-0.1, -0.05) is 48.6 Å². The van der Waals surface area contributed by atoms with Crippen molar-refractivity contribution in [3.05, 3.63) is 60.2 Å². The summed E-state index contributed by atoms with van der Waals surface area (Å²) in [6, 6.07) is 9.92. The maximum Gasteiger partial charge on any atom is 0.330 e. The molecule has 6 heteroatoms. The summed E-state index contributed by atoms with van der Waals surface area (Å²) in [6.45, 7) is 4.16. The van der Waals surface area contributed by atoms with E-state index >= 15 is 0 Å². The average Bonchev–Trinajstić information content (AvgIpc) is 3.08. The Morgan fingerprint density at radius 2 is 1.96 bits per heavy atom. The number of rotatable bonds is 6. The Balaban J connectivity index is 1.67. The molecule has 1 aromatic carbocycles. The molecule has 0 bridgehead atoms. The lowest BCUT2D eigenvalue weighted by molar-refractivity contribution is -0.213. The molecule has 2 fully saturated rings. The summed E-state index contributed by atoms with van der Waals surface area (Å²) in [5.41, 5.74) is 1.07. The lowest BCUT2D eigenvalue weighted by Gasteiger charge is -2.24. The number of methoxy groups -OCH3 is 1. The molecule has 6 nitrogen and oxygen atoms in total. The van der Waals surface area contributed by atoms with Crippen molar-refractivity contribution < 1.29 is 28.5 Å². The maximum atomic E-state index is 11.1. The number of ether oxygens (including phenoxy) is 5. The van der Waals surface area contributed by atoms with Crippen molar-refractivity contribution in [2.75, 3.05) is 7.11 Å². The Morgan fingerprint density at radius 3 is 2.69 bits per heavy atom. The molecule has 0 spiro atoms. The summed E-state index contributed by atoms with van der Waals surface area (Å²) in [7, 11) is 1.33. The number of esters is 1. The zero-order chi connectivity index (χ0) is 18.6. The lowest BCUT2D eigenvalue weighted by atomic mass is 10.1. The number of carbonyl (C=O) groups excluding carboxylic acids is 1. The predicted octanol–water partition coefficient (Wildman–Crippen LogP) is 2.73. The fourth-order valence-electron chi connectivity index (χ4n) is 2.99. The van der Waals surface area contributed by atoms with Crippen molar-refractivity contribution in [2.24, 2.45) is 0 Å². The van der Waals surface area contributed by atoms with Crippen LogP contribution in [-0.2, 0) is 35.1 Å². The molecule has 0 aliphatic carbocycles. The number of benzene rings is 1. The largest absolute Gasteiger partial charge is 0.466 e. The minimum absolute atomic E-state index is 0.312. The zero-order valence-corrected chi connectivity index (χ0v) is 15.2. The summed E-state index contributed by atoms with van der Waals surface area (Å²) in [4.78, 5) is 11.1. The Hall–Kier alpha value is -1.99. The fraction of sp³-hybridized carbons (Fsp3) is 0.450. The van der Waals surface area contributed by atoms with Crippen LogP contribution in [0.1, 0.15) is 19.4 Å². The Morgan fingerprint density at radius 1 is 1.19 bits per heavy atom. The molecule has 4 atom stereocenters. The van der Waals surface area contributed by atoms with Gasteiger partial charge in [0.25, 0.3) is 0 Å². The van der Waals surface area contributed by atoms with E-state index in [-0.39, 0.29) is 18.3 Å². The van der Waals surface area contributed by atoms with Crippen LogP contribution in [0.25, 0.3) is 0 Å². The molecule has 26 heavy (non-hydrogen) atoms. The maximum absolute atomic E-state index is 11.1. The normalized spacial score (nSPS) is 30.1. The summed E-state index contributed by atoms with van der Waals surface area (Å²) >= 11 is 0. The van der Waals surface area contributed by atoms with E-state index in [9.17, 15) is 4.79 Å². The summed E-state index contributed by atoms with van der Waals surface area (Å²) in [5, 5.41) is 0. The first-order valence-corrected chi connectivity index (χ1v) is 8.58. The molecular formula is C20H24O6. The summed E-state index contributed by atoms with van der Waals surface area (Å²) in [5.74, 6) is -1.12.